The zero-order valence-corrected chi connectivity index (χ0v) is 14.1. The van der Waals surface area contributed by atoms with Gasteiger partial charge in [0.15, 0.2) is 0 Å². The fraction of sp³-hybridized carbons (Fsp3) is 0.714. The van der Waals surface area contributed by atoms with Crippen molar-refractivity contribution in [2.75, 3.05) is 20.1 Å². The van der Waals surface area contributed by atoms with Gasteiger partial charge in [0.2, 0.25) is 0 Å². The van der Waals surface area contributed by atoms with Gasteiger partial charge in [-0.3, -0.25) is 0 Å². The van der Waals surface area contributed by atoms with Crippen molar-refractivity contribution in [1.29, 1.82) is 0 Å². The summed E-state index contributed by atoms with van der Waals surface area (Å²) in [6.07, 6.45) is 2.97. The highest BCUT2D eigenvalue weighted by molar-refractivity contribution is 7.91. The largest absolute Gasteiger partial charge is 0.316 e. The van der Waals surface area contributed by atoms with Gasteiger partial charge in [-0.05, 0) is 48.7 Å². The smallest absolute Gasteiger partial charge is 0.252 e. The lowest BCUT2D eigenvalue weighted by Crippen LogP contribution is -2.32. The highest BCUT2D eigenvalue weighted by atomic mass is 32.2. The van der Waals surface area contributed by atoms with Gasteiger partial charge < -0.3 is 5.32 Å². The van der Waals surface area contributed by atoms with E-state index in [4.69, 9.17) is 0 Å². The topological polar surface area (TPSA) is 49.4 Å². The van der Waals surface area contributed by atoms with Crippen LogP contribution in [0.4, 0.5) is 0 Å². The van der Waals surface area contributed by atoms with Crippen LogP contribution in [-0.4, -0.2) is 32.9 Å². The molecule has 0 radical (unpaired) electrons. The first kappa shape index (κ1) is 15.9. The minimum absolute atomic E-state index is 0.247. The quantitative estimate of drug-likeness (QED) is 0.929. The summed E-state index contributed by atoms with van der Waals surface area (Å²) in [7, 11) is -1.45. The van der Waals surface area contributed by atoms with E-state index in [9.17, 15) is 8.42 Å². The number of hydrogen-bond donors (Lipinski definition) is 1. The van der Waals surface area contributed by atoms with Gasteiger partial charge in [-0.2, -0.15) is 4.31 Å². The van der Waals surface area contributed by atoms with Crippen molar-refractivity contribution in [3.8, 4) is 0 Å². The standard InChI is InChI=1S/C14H24N2O2S2/c1-14(2)5-4-7-16(8-6-14)20(17,18)13-9-12(10-15-3)11-19-13/h9,11,15H,4-8,10H2,1-3H3. The SMILES string of the molecule is CNCc1csc(S(=O)(=O)N2CCCC(C)(C)CC2)c1. The summed E-state index contributed by atoms with van der Waals surface area (Å²) >= 11 is 1.33. The lowest BCUT2D eigenvalue weighted by atomic mass is 9.85. The maximum Gasteiger partial charge on any atom is 0.252 e. The van der Waals surface area contributed by atoms with E-state index >= 15 is 0 Å². The molecule has 4 nitrogen and oxygen atoms in total. The normalized spacial score (nSPS) is 20.8. The minimum atomic E-state index is -3.31. The molecular weight excluding hydrogens is 292 g/mol. The zero-order valence-electron chi connectivity index (χ0n) is 12.5. The summed E-state index contributed by atoms with van der Waals surface area (Å²) in [5.74, 6) is 0. The van der Waals surface area contributed by atoms with Gasteiger partial charge in [-0.25, -0.2) is 8.42 Å². The number of sulfonamides is 1. The first-order chi connectivity index (χ1) is 9.35. The molecule has 1 saturated heterocycles. The molecule has 0 unspecified atom stereocenters. The van der Waals surface area contributed by atoms with Crippen molar-refractivity contribution in [2.24, 2.45) is 5.41 Å². The number of rotatable bonds is 4. The summed E-state index contributed by atoms with van der Waals surface area (Å²) in [5.41, 5.74) is 1.28. The molecule has 1 N–H and O–H groups in total. The summed E-state index contributed by atoms with van der Waals surface area (Å²) in [5, 5.41) is 4.97. The summed E-state index contributed by atoms with van der Waals surface area (Å²) in [4.78, 5) is 0. The third-order valence-electron chi connectivity index (χ3n) is 3.90. The van der Waals surface area contributed by atoms with E-state index in [1.165, 1.54) is 11.3 Å². The maximum absolute atomic E-state index is 12.7. The molecule has 20 heavy (non-hydrogen) atoms. The van der Waals surface area contributed by atoms with Gasteiger partial charge >= 0.3 is 0 Å². The van der Waals surface area contributed by atoms with Crippen molar-refractivity contribution in [1.82, 2.24) is 9.62 Å². The molecule has 1 aromatic rings. The molecule has 0 aromatic carbocycles. The molecule has 0 amide bonds. The van der Waals surface area contributed by atoms with Crippen molar-refractivity contribution in [3.05, 3.63) is 17.0 Å². The van der Waals surface area contributed by atoms with Gasteiger partial charge in [-0.1, -0.05) is 13.8 Å². The van der Waals surface area contributed by atoms with Crippen LogP contribution in [0.3, 0.4) is 0 Å². The Morgan fingerprint density at radius 3 is 2.80 bits per heavy atom. The van der Waals surface area contributed by atoms with E-state index in [0.29, 0.717) is 23.8 Å². The Bertz CT molecular complexity index is 549. The van der Waals surface area contributed by atoms with Gasteiger partial charge in [0.1, 0.15) is 4.21 Å². The molecule has 0 saturated carbocycles. The second-order valence-corrected chi connectivity index (χ2v) is 9.30. The molecule has 2 rings (SSSR count). The van der Waals surface area contributed by atoms with Gasteiger partial charge in [0.05, 0.1) is 0 Å². The predicted molar refractivity (Wildman–Crippen MR) is 83.5 cm³/mol. The van der Waals surface area contributed by atoms with Gasteiger partial charge in [0.25, 0.3) is 10.0 Å². The third kappa shape index (κ3) is 3.61. The first-order valence-electron chi connectivity index (χ1n) is 7.07. The van der Waals surface area contributed by atoms with Crippen LogP contribution < -0.4 is 5.32 Å². The molecule has 1 aromatic heterocycles. The van der Waals surface area contributed by atoms with Crippen LogP contribution in [0, 0.1) is 5.41 Å². The van der Waals surface area contributed by atoms with E-state index in [2.05, 4.69) is 19.2 Å². The molecule has 6 heteroatoms. The third-order valence-corrected chi connectivity index (χ3v) is 7.27. The van der Waals surface area contributed by atoms with E-state index in [-0.39, 0.29) is 5.41 Å². The van der Waals surface area contributed by atoms with E-state index < -0.39 is 10.0 Å². The zero-order chi connectivity index (χ0) is 14.8. The lowest BCUT2D eigenvalue weighted by molar-refractivity contribution is 0.315. The van der Waals surface area contributed by atoms with Crippen LogP contribution in [-0.2, 0) is 16.6 Å². The highest BCUT2D eigenvalue weighted by Crippen LogP contribution is 2.33. The molecule has 0 atom stereocenters. The number of thiophene rings is 1. The summed E-state index contributed by atoms with van der Waals surface area (Å²) in [6, 6.07) is 1.80. The van der Waals surface area contributed by atoms with Crippen molar-refractivity contribution in [3.63, 3.8) is 0 Å². The first-order valence-corrected chi connectivity index (χ1v) is 9.39. The Morgan fingerprint density at radius 1 is 1.35 bits per heavy atom. The van der Waals surface area contributed by atoms with Crippen LogP contribution in [0.15, 0.2) is 15.7 Å². The van der Waals surface area contributed by atoms with Crippen LogP contribution in [0.5, 0.6) is 0 Å². The molecular formula is C14H24N2O2S2. The van der Waals surface area contributed by atoms with Crippen molar-refractivity contribution in [2.45, 2.75) is 43.9 Å². The Morgan fingerprint density at radius 2 is 2.10 bits per heavy atom. The van der Waals surface area contributed by atoms with Crippen molar-refractivity contribution < 1.29 is 8.42 Å². The van der Waals surface area contributed by atoms with Gasteiger partial charge in [0, 0.05) is 19.6 Å². The molecule has 114 valence electrons. The van der Waals surface area contributed by atoms with Crippen LogP contribution in [0.25, 0.3) is 0 Å². The number of hydrogen-bond acceptors (Lipinski definition) is 4. The van der Waals surface area contributed by atoms with Crippen LogP contribution in [0.2, 0.25) is 0 Å². The number of nitrogens with one attached hydrogen (secondary N) is 1. The van der Waals surface area contributed by atoms with Crippen LogP contribution in [0.1, 0.15) is 38.7 Å². The maximum atomic E-state index is 12.7. The van der Waals surface area contributed by atoms with E-state index in [1.807, 2.05) is 12.4 Å². The molecule has 1 fully saturated rings. The Labute approximate surface area is 126 Å². The fourth-order valence-electron chi connectivity index (χ4n) is 2.55. The average Bonchev–Trinajstić information content (AvgIpc) is 2.75. The Kier molecular flexibility index (Phi) is 4.89. The molecule has 0 spiro atoms. The molecule has 2 heterocycles. The molecule has 0 aliphatic carbocycles. The fourth-order valence-corrected chi connectivity index (χ4v) is 5.39. The highest BCUT2D eigenvalue weighted by Gasteiger charge is 2.31. The average molecular weight is 316 g/mol. The Balaban J connectivity index is 2.16. The second-order valence-electron chi connectivity index (χ2n) is 6.23. The second kappa shape index (κ2) is 6.13. The van der Waals surface area contributed by atoms with E-state index in [0.717, 1.165) is 24.8 Å². The molecule has 0 bridgehead atoms. The predicted octanol–water partition coefficient (Wildman–Crippen LogP) is 2.67. The van der Waals surface area contributed by atoms with Gasteiger partial charge in [-0.15, -0.1) is 11.3 Å². The summed E-state index contributed by atoms with van der Waals surface area (Å²) < 4.78 is 27.5. The van der Waals surface area contributed by atoms with E-state index in [1.54, 1.807) is 10.4 Å². The number of nitrogens with zero attached hydrogens (tertiary/aromatic N) is 1. The van der Waals surface area contributed by atoms with Crippen molar-refractivity contribution >= 4 is 21.4 Å². The van der Waals surface area contributed by atoms with Crippen LogP contribution >= 0.6 is 11.3 Å². The minimum Gasteiger partial charge on any atom is -0.316 e. The lowest BCUT2D eigenvalue weighted by Gasteiger charge is -2.22. The Hall–Kier alpha value is -0.430. The molecule has 1 aliphatic heterocycles. The molecule has 1 aliphatic rings. The monoisotopic (exact) mass is 316 g/mol. The summed E-state index contributed by atoms with van der Waals surface area (Å²) in [6.45, 7) is 6.43.